The van der Waals surface area contributed by atoms with E-state index in [1.165, 1.54) is 0 Å². The van der Waals surface area contributed by atoms with Gasteiger partial charge in [-0.1, -0.05) is 0 Å². The lowest BCUT2D eigenvalue weighted by Crippen LogP contribution is -2.37. The summed E-state index contributed by atoms with van der Waals surface area (Å²) in [6.07, 6.45) is 3.72. The van der Waals surface area contributed by atoms with Gasteiger partial charge in [-0.15, -0.1) is 11.3 Å². The first-order valence-corrected chi connectivity index (χ1v) is 6.56. The number of hydrogen-bond acceptors (Lipinski definition) is 5. The molecule has 17 heavy (non-hydrogen) atoms. The fraction of sp³-hybridized carbons (Fsp3) is 0.636. The summed E-state index contributed by atoms with van der Waals surface area (Å²) in [4.78, 5) is 17.0. The SMILES string of the molecule is O=C(O)COC1CCN(Cc2nccs2)CC1. The van der Waals surface area contributed by atoms with Crippen molar-refractivity contribution in [2.24, 2.45) is 0 Å². The molecule has 1 saturated heterocycles. The zero-order valence-corrected chi connectivity index (χ0v) is 10.4. The Morgan fingerprint density at radius 2 is 2.35 bits per heavy atom. The van der Waals surface area contributed by atoms with Gasteiger partial charge in [-0.2, -0.15) is 0 Å². The number of carbonyl (C=O) groups is 1. The standard InChI is InChI=1S/C11H16N2O3S/c14-11(15)8-16-9-1-4-13(5-2-9)7-10-12-3-6-17-10/h3,6,9H,1-2,4-5,7-8H2,(H,14,15). The Hall–Kier alpha value is -0.980. The van der Waals surface area contributed by atoms with Crippen LogP contribution < -0.4 is 0 Å². The van der Waals surface area contributed by atoms with Crippen LogP contribution >= 0.6 is 11.3 Å². The summed E-state index contributed by atoms with van der Waals surface area (Å²) in [7, 11) is 0. The molecule has 6 heteroatoms. The molecule has 0 saturated carbocycles. The molecular formula is C11H16N2O3S. The molecule has 1 aliphatic rings. The predicted molar refractivity (Wildman–Crippen MR) is 64.0 cm³/mol. The minimum atomic E-state index is -0.893. The monoisotopic (exact) mass is 256 g/mol. The molecule has 1 fully saturated rings. The van der Waals surface area contributed by atoms with Gasteiger partial charge in [-0.3, -0.25) is 4.90 Å². The Morgan fingerprint density at radius 3 is 2.94 bits per heavy atom. The van der Waals surface area contributed by atoms with Crippen LogP contribution in [0.1, 0.15) is 17.8 Å². The predicted octanol–water partition coefficient (Wildman–Crippen LogP) is 1.21. The van der Waals surface area contributed by atoms with Crippen molar-refractivity contribution < 1.29 is 14.6 Å². The Bertz CT molecular complexity index is 348. The van der Waals surface area contributed by atoms with Crippen molar-refractivity contribution in [2.75, 3.05) is 19.7 Å². The van der Waals surface area contributed by atoms with E-state index in [4.69, 9.17) is 9.84 Å². The van der Waals surface area contributed by atoms with E-state index in [2.05, 4.69) is 9.88 Å². The summed E-state index contributed by atoms with van der Waals surface area (Å²) < 4.78 is 5.29. The number of carboxylic acids is 1. The van der Waals surface area contributed by atoms with Crippen LogP contribution in [0.4, 0.5) is 0 Å². The van der Waals surface area contributed by atoms with Gasteiger partial charge in [-0.25, -0.2) is 9.78 Å². The highest BCUT2D eigenvalue weighted by atomic mass is 32.1. The fourth-order valence-corrected chi connectivity index (χ4v) is 2.60. The van der Waals surface area contributed by atoms with Gasteiger partial charge in [0.25, 0.3) is 0 Å². The number of likely N-dealkylation sites (tertiary alicyclic amines) is 1. The van der Waals surface area contributed by atoms with Gasteiger partial charge < -0.3 is 9.84 Å². The van der Waals surface area contributed by atoms with E-state index in [-0.39, 0.29) is 12.7 Å². The molecule has 0 spiro atoms. The van der Waals surface area contributed by atoms with E-state index in [1.54, 1.807) is 11.3 Å². The summed E-state index contributed by atoms with van der Waals surface area (Å²) in [5, 5.41) is 11.6. The van der Waals surface area contributed by atoms with Gasteiger partial charge in [0, 0.05) is 24.7 Å². The van der Waals surface area contributed by atoms with Crippen LogP contribution in [-0.2, 0) is 16.1 Å². The quantitative estimate of drug-likeness (QED) is 0.858. The number of hydrogen-bond donors (Lipinski definition) is 1. The van der Waals surface area contributed by atoms with Crippen LogP contribution in [0.5, 0.6) is 0 Å². The van der Waals surface area contributed by atoms with E-state index in [0.29, 0.717) is 0 Å². The van der Waals surface area contributed by atoms with Crippen LogP contribution in [0.3, 0.4) is 0 Å². The van der Waals surface area contributed by atoms with Crippen molar-refractivity contribution in [2.45, 2.75) is 25.5 Å². The highest BCUT2D eigenvalue weighted by Crippen LogP contribution is 2.16. The lowest BCUT2D eigenvalue weighted by molar-refractivity contribution is -0.145. The maximum Gasteiger partial charge on any atom is 0.329 e. The second-order valence-electron chi connectivity index (χ2n) is 4.11. The molecule has 0 amide bonds. The van der Waals surface area contributed by atoms with Gasteiger partial charge >= 0.3 is 5.97 Å². The van der Waals surface area contributed by atoms with Gasteiger partial charge in [0.1, 0.15) is 11.6 Å². The summed E-state index contributed by atoms with van der Waals surface area (Å²) >= 11 is 1.67. The van der Waals surface area contributed by atoms with Gasteiger partial charge in [0.2, 0.25) is 0 Å². The third kappa shape index (κ3) is 4.07. The van der Waals surface area contributed by atoms with Crippen LogP contribution in [0.15, 0.2) is 11.6 Å². The average Bonchev–Trinajstić information content (AvgIpc) is 2.81. The first-order chi connectivity index (χ1) is 8.24. The molecule has 2 rings (SSSR count). The van der Waals surface area contributed by atoms with Crippen LogP contribution in [0, 0.1) is 0 Å². The lowest BCUT2D eigenvalue weighted by atomic mass is 10.1. The minimum Gasteiger partial charge on any atom is -0.480 e. The van der Waals surface area contributed by atoms with E-state index in [9.17, 15) is 4.79 Å². The molecule has 0 bridgehead atoms. The second-order valence-corrected chi connectivity index (χ2v) is 5.09. The van der Waals surface area contributed by atoms with Crippen molar-refractivity contribution in [3.8, 4) is 0 Å². The smallest absolute Gasteiger partial charge is 0.329 e. The van der Waals surface area contributed by atoms with Crippen LogP contribution in [0.25, 0.3) is 0 Å². The summed E-state index contributed by atoms with van der Waals surface area (Å²) in [6, 6.07) is 0. The lowest BCUT2D eigenvalue weighted by Gasteiger charge is -2.30. The molecule has 5 nitrogen and oxygen atoms in total. The molecule has 0 unspecified atom stereocenters. The number of ether oxygens (including phenoxy) is 1. The van der Waals surface area contributed by atoms with Gasteiger partial charge in [-0.05, 0) is 12.8 Å². The molecule has 0 aliphatic carbocycles. The highest BCUT2D eigenvalue weighted by Gasteiger charge is 2.20. The highest BCUT2D eigenvalue weighted by molar-refractivity contribution is 7.09. The molecule has 0 atom stereocenters. The number of rotatable bonds is 5. The Kier molecular flexibility index (Phi) is 4.47. The first kappa shape index (κ1) is 12.5. The summed E-state index contributed by atoms with van der Waals surface area (Å²) in [5.41, 5.74) is 0. The molecule has 94 valence electrons. The summed E-state index contributed by atoms with van der Waals surface area (Å²) in [6.45, 7) is 2.61. The average molecular weight is 256 g/mol. The number of aliphatic carboxylic acids is 1. The number of piperidine rings is 1. The molecule has 1 aromatic rings. The topological polar surface area (TPSA) is 62.7 Å². The molecule has 1 aliphatic heterocycles. The fourth-order valence-electron chi connectivity index (χ4n) is 1.95. The van der Waals surface area contributed by atoms with Crippen LogP contribution in [-0.4, -0.2) is 46.8 Å². The normalized spacial score (nSPS) is 18.4. The number of thiazole rings is 1. The number of nitrogens with zero attached hydrogens (tertiary/aromatic N) is 2. The number of carboxylic acid groups (broad SMARTS) is 1. The maximum absolute atomic E-state index is 10.4. The molecule has 2 heterocycles. The van der Waals surface area contributed by atoms with E-state index in [1.807, 2.05) is 11.6 Å². The van der Waals surface area contributed by atoms with Crippen molar-refractivity contribution in [3.05, 3.63) is 16.6 Å². The zero-order valence-electron chi connectivity index (χ0n) is 9.54. The second kappa shape index (κ2) is 6.09. The third-order valence-electron chi connectivity index (χ3n) is 2.82. The zero-order chi connectivity index (χ0) is 12.1. The minimum absolute atomic E-state index is 0.0960. The Labute approximate surface area is 104 Å². The first-order valence-electron chi connectivity index (χ1n) is 5.68. The number of aromatic nitrogens is 1. The Balaban J connectivity index is 1.69. The van der Waals surface area contributed by atoms with E-state index >= 15 is 0 Å². The molecule has 0 aromatic carbocycles. The molecule has 1 aromatic heterocycles. The van der Waals surface area contributed by atoms with Crippen LogP contribution in [0.2, 0.25) is 0 Å². The third-order valence-corrected chi connectivity index (χ3v) is 3.58. The van der Waals surface area contributed by atoms with Crippen molar-refractivity contribution >= 4 is 17.3 Å². The van der Waals surface area contributed by atoms with Gasteiger partial charge in [0.15, 0.2) is 0 Å². The molecule has 1 N–H and O–H groups in total. The van der Waals surface area contributed by atoms with Crippen molar-refractivity contribution in [1.29, 1.82) is 0 Å². The largest absolute Gasteiger partial charge is 0.480 e. The van der Waals surface area contributed by atoms with E-state index < -0.39 is 5.97 Å². The Morgan fingerprint density at radius 1 is 1.59 bits per heavy atom. The van der Waals surface area contributed by atoms with Crippen molar-refractivity contribution in [3.63, 3.8) is 0 Å². The molecular weight excluding hydrogens is 240 g/mol. The maximum atomic E-state index is 10.4. The summed E-state index contributed by atoms with van der Waals surface area (Å²) in [5.74, 6) is -0.893. The van der Waals surface area contributed by atoms with E-state index in [0.717, 1.165) is 37.5 Å². The molecule has 0 radical (unpaired) electrons. The van der Waals surface area contributed by atoms with Crippen molar-refractivity contribution in [1.82, 2.24) is 9.88 Å². The van der Waals surface area contributed by atoms with Gasteiger partial charge in [0.05, 0.1) is 12.6 Å².